The van der Waals surface area contributed by atoms with Crippen LogP contribution in [0.4, 0.5) is 5.82 Å². The lowest BCUT2D eigenvalue weighted by molar-refractivity contribution is -0.129. The van der Waals surface area contributed by atoms with Crippen molar-refractivity contribution in [2.24, 2.45) is 0 Å². The second-order valence-electron chi connectivity index (χ2n) is 8.70. The highest BCUT2D eigenvalue weighted by atomic mass is 35.5. The number of carbonyl (C=O) groups is 2. The predicted octanol–water partition coefficient (Wildman–Crippen LogP) is 4.58. The summed E-state index contributed by atoms with van der Waals surface area (Å²) in [7, 11) is 1.92. The number of amides is 2. The molecule has 33 heavy (non-hydrogen) atoms. The Balaban J connectivity index is 1.34. The van der Waals surface area contributed by atoms with Crippen molar-refractivity contribution in [1.82, 2.24) is 14.8 Å². The molecular weight excluding hydrogens is 456 g/mol. The average molecular weight is 487 g/mol. The smallest absolute Gasteiger partial charge is 0.255 e. The van der Waals surface area contributed by atoms with Crippen LogP contribution < -0.4 is 4.90 Å². The summed E-state index contributed by atoms with van der Waals surface area (Å²) in [6, 6.07) is 11.7. The Morgan fingerprint density at radius 1 is 1.06 bits per heavy atom. The number of piperazine rings is 1. The third-order valence-electron chi connectivity index (χ3n) is 6.59. The summed E-state index contributed by atoms with van der Waals surface area (Å²) < 4.78 is 0. The minimum atomic E-state index is 0.0231. The molecule has 1 aliphatic carbocycles. The highest BCUT2D eigenvalue weighted by Gasteiger charge is 2.26. The number of carbonyl (C=O) groups excluding carboxylic acids is 2. The van der Waals surface area contributed by atoms with Crippen LogP contribution in [0, 0.1) is 0 Å². The molecule has 176 valence electrons. The van der Waals surface area contributed by atoms with Crippen LogP contribution in [0.1, 0.15) is 42.5 Å². The van der Waals surface area contributed by atoms with E-state index in [9.17, 15) is 9.59 Å². The minimum absolute atomic E-state index is 0.0231. The van der Waals surface area contributed by atoms with Gasteiger partial charge in [0.25, 0.3) is 5.91 Å². The fourth-order valence-corrected chi connectivity index (χ4v) is 5.63. The largest absolute Gasteiger partial charge is 0.353 e. The summed E-state index contributed by atoms with van der Waals surface area (Å²) in [5, 5.41) is 0.616. The van der Waals surface area contributed by atoms with E-state index in [0.717, 1.165) is 36.6 Å². The van der Waals surface area contributed by atoms with E-state index in [4.69, 9.17) is 11.6 Å². The maximum atomic E-state index is 13.3. The Morgan fingerprint density at radius 3 is 2.48 bits per heavy atom. The van der Waals surface area contributed by atoms with Gasteiger partial charge in [0.1, 0.15) is 5.82 Å². The number of hydrogen-bond donors (Lipinski definition) is 0. The van der Waals surface area contributed by atoms with Crippen LogP contribution in [0.3, 0.4) is 0 Å². The van der Waals surface area contributed by atoms with E-state index < -0.39 is 0 Å². The van der Waals surface area contributed by atoms with Crippen LogP contribution >= 0.6 is 23.4 Å². The van der Waals surface area contributed by atoms with Crippen molar-refractivity contribution in [3.05, 3.63) is 53.2 Å². The lowest BCUT2D eigenvalue weighted by atomic mass is 9.94. The topological polar surface area (TPSA) is 56.8 Å². The first-order chi connectivity index (χ1) is 16.0. The molecule has 0 radical (unpaired) electrons. The SMILES string of the molecule is CN(C(=O)CSc1ccccc1C(=O)N1CCN(c2ccc(Cl)cn2)CC1)C1CCCCC1. The molecule has 0 atom stereocenters. The zero-order valence-electron chi connectivity index (χ0n) is 19.1. The van der Waals surface area contributed by atoms with E-state index in [1.165, 1.54) is 31.0 Å². The fourth-order valence-electron chi connectivity index (χ4n) is 4.55. The molecule has 4 rings (SSSR count). The van der Waals surface area contributed by atoms with Crippen LogP contribution in [-0.2, 0) is 4.79 Å². The van der Waals surface area contributed by atoms with Crippen LogP contribution in [0.15, 0.2) is 47.5 Å². The van der Waals surface area contributed by atoms with Gasteiger partial charge in [0.2, 0.25) is 5.91 Å². The molecule has 1 saturated heterocycles. The van der Waals surface area contributed by atoms with Crippen molar-refractivity contribution in [3.63, 3.8) is 0 Å². The molecule has 2 aromatic rings. The molecule has 2 aliphatic rings. The fraction of sp³-hybridized carbons (Fsp3) is 0.480. The monoisotopic (exact) mass is 486 g/mol. The summed E-state index contributed by atoms with van der Waals surface area (Å²) in [5.74, 6) is 1.39. The molecule has 2 heterocycles. The number of halogens is 1. The number of hydrogen-bond acceptors (Lipinski definition) is 5. The number of thioether (sulfide) groups is 1. The maximum absolute atomic E-state index is 13.3. The first-order valence-electron chi connectivity index (χ1n) is 11.7. The summed E-state index contributed by atoms with van der Waals surface area (Å²) in [6.45, 7) is 2.71. The van der Waals surface area contributed by atoms with Crippen LogP contribution in [0.5, 0.6) is 0 Å². The van der Waals surface area contributed by atoms with Crippen molar-refractivity contribution in [2.75, 3.05) is 43.9 Å². The first kappa shape index (κ1) is 23.9. The van der Waals surface area contributed by atoms with Crippen molar-refractivity contribution in [3.8, 4) is 0 Å². The second-order valence-corrected chi connectivity index (χ2v) is 10.1. The molecule has 2 amide bonds. The van der Waals surface area contributed by atoms with Gasteiger partial charge in [-0.25, -0.2) is 4.98 Å². The summed E-state index contributed by atoms with van der Waals surface area (Å²) in [5.41, 5.74) is 0.675. The molecular formula is C25H31ClN4O2S. The third kappa shape index (κ3) is 6.01. The van der Waals surface area contributed by atoms with Gasteiger partial charge >= 0.3 is 0 Å². The normalized spacial score (nSPS) is 17.2. The molecule has 0 bridgehead atoms. The maximum Gasteiger partial charge on any atom is 0.255 e. The zero-order chi connectivity index (χ0) is 23.2. The van der Waals surface area contributed by atoms with Gasteiger partial charge in [0.05, 0.1) is 16.3 Å². The standard InChI is InChI=1S/C25H31ClN4O2S/c1-28(20-7-3-2-4-8-20)24(31)18-33-22-10-6-5-9-21(22)25(32)30-15-13-29(14-16-30)23-12-11-19(26)17-27-23/h5-6,9-12,17,20H,2-4,7-8,13-16,18H2,1H3. The molecule has 1 aromatic heterocycles. The van der Waals surface area contributed by atoms with Gasteiger partial charge in [-0.15, -0.1) is 11.8 Å². The van der Waals surface area contributed by atoms with Crippen molar-refractivity contribution in [2.45, 2.75) is 43.0 Å². The Morgan fingerprint density at radius 2 is 1.79 bits per heavy atom. The number of nitrogens with zero attached hydrogens (tertiary/aromatic N) is 4. The van der Waals surface area contributed by atoms with Gasteiger partial charge in [0, 0.05) is 50.4 Å². The van der Waals surface area contributed by atoms with E-state index in [-0.39, 0.29) is 11.8 Å². The molecule has 1 saturated carbocycles. The molecule has 1 aliphatic heterocycles. The van der Waals surface area contributed by atoms with Gasteiger partial charge in [-0.1, -0.05) is 43.0 Å². The van der Waals surface area contributed by atoms with Crippen molar-refractivity contribution >= 4 is 41.0 Å². The second kappa shape index (κ2) is 11.3. The quantitative estimate of drug-likeness (QED) is 0.559. The van der Waals surface area contributed by atoms with Crippen LogP contribution in [0.2, 0.25) is 5.02 Å². The van der Waals surface area contributed by atoms with E-state index in [0.29, 0.717) is 35.5 Å². The Hall–Kier alpha value is -2.25. The van der Waals surface area contributed by atoms with E-state index in [1.54, 1.807) is 6.20 Å². The van der Waals surface area contributed by atoms with Crippen LogP contribution in [-0.4, -0.2) is 71.6 Å². The molecule has 0 N–H and O–H groups in total. The molecule has 0 unspecified atom stereocenters. The van der Waals surface area contributed by atoms with Gasteiger partial charge in [0.15, 0.2) is 0 Å². The number of benzene rings is 1. The molecule has 1 aromatic carbocycles. The Kier molecular flexibility index (Phi) is 8.15. The first-order valence-corrected chi connectivity index (χ1v) is 13.0. The number of anilines is 1. The summed E-state index contributed by atoms with van der Waals surface area (Å²) in [4.78, 5) is 37.3. The average Bonchev–Trinajstić information content (AvgIpc) is 2.87. The number of aromatic nitrogens is 1. The molecule has 0 spiro atoms. The van der Waals surface area contributed by atoms with E-state index in [2.05, 4.69) is 9.88 Å². The molecule has 6 nitrogen and oxygen atoms in total. The van der Waals surface area contributed by atoms with Crippen LogP contribution in [0.25, 0.3) is 0 Å². The Labute approximate surface area is 205 Å². The van der Waals surface area contributed by atoms with Crippen molar-refractivity contribution < 1.29 is 9.59 Å². The number of rotatable bonds is 6. The predicted molar refractivity (Wildman–Crippen MR) is 134 cm³/mol. The lowest BCUT2D eigenvalue weighted by Crippen LogP contribution is -2.49. The third-order valence-corrected chi connectivity index (χ3v) is 7.87. The van der Waals surface area contributed by atoms with Gasteiger partial charge in [-0.05, 0) is 37.1 Å². The highest BCUT2D eigenvalue weighted by Crippen LogP contribution is 2.27. The van der Waals surface area contributed by atoms with E-state index >= 15 is 0 Å². The molecule has 2 fully saturated rings. The minimum Gasteiger partial charge on any atom is -0.353 e. The lowest BCUT2D eigenvalue weighted by Gasteiger charge is -2.35. The van der Waals surface area contributed by atoms with Gasteiger partial charge < -0.3 is 14.7 Å². The van der Waals surface area contributed by atoms with Crippen molar-refractivity contribution in [1.29, 1.82) is 0 Å². The number of pyridine rings is 1. The zero-order valence-corrected chi connectivity index (χ0v) is 20.7. The van der Waals surface area contributed by atoms with Gasteiger partial charge in [-0.3, -0.25) is 9.59 Å². The highest BCUT2D eigenvalue weighted by molar-refractivity contribution is 8.00. The van der Waals surface area contributed by atoms with Gasteiger partial charge in [-0.2, -0.15) is 0 Å². The van der Waals surface area contributed by atoms with E-state index in [1.807, 2.05) is 53.2 Å². The molecule has 8 heteroatoms. The summed E-state index contributed by atoms with van der Waals surface area (Å²) in [6.07, 6.45) is 7.52. The summed E-state index contributed by atoms with van der Waals surface area (Å²) >= 11 is 7.41. The Bertz CT molecular complexity index is 957.